The highest BCUT2D eigenvalue weighted by Crippen LogP contribution is 2.31. The second-order valence-electron chi connectivity index (χ2n) is 6.17. The Hall–Kier alpha value is -2.18. The van der Waals surface area contributed by atoms with E-state index >= 15 is 0 Å². The quantitative estimate of drug-likeness (QED) is 0.770. The van der Waals surface area contributed by atoms with Gasteiger partial charge >= 0.3 is 0 Å². The van der Waals surface area contributed by atoms with Crippen LogP contribution >= 0.6 is 0 Å². The van der Waals surface area contributed by atoms with Crippen LogP contribution in [-0.4, -0.2) is 55.3 Å². The van der Waals surface area contributed by atoms with Crippen LogP contribution in [0.2, 0.25) is 0 Å². The van der Waals surface area contributed by atoms with E-state index < -0.39 is 0 Å². The topological polar surface area (TPSA) is 56.7 Å². The molecule has 1 aromatic heterocycles. The molecule has 0 saturated carbocycles. The van der Waals surface area contributed by atoms with E-state index in [1.165, 1.54) is 0 Å². The van der Waals surface area contributed by atoms with Gasteiger partial charge in [0.2, 0.25) is 5.88 Å². The first kappa shape index (κ1) is 17.6. The van der Waals surface area contributed by atoms with E-state index in [1.807, 2.05) is 30.5 Å². The number of hydrogen-bond donors (Lipinski definition) is 0. The molecule has 6 nitrogen and oxygen atoms in total. The van der Waals surface area contributed by atoms with Gasteiger partial charge in [0, 0.05) is 32.3 Å². The minimum Gasteiger partial charge on any atom is -0.493 e. The van der Waals surface area contributed by atoms with Gasteiger partial charge in [0.15, 0.2) is 11.5 Å². The summed E-state index contributed by atoms with van der Waals surface area (Å²) in [6.07, 6.45) is 5.77. The third-order valence-corrected chi connectivity index (χ3v) is 4.45. The van der Waals surface area contributed by atoms with Crippen molar-refractivity contribution in [2.75, 3.05) is 40.5 Å². The molecule has 1 aliphatic rings. The van der Waals surface area contributed by atoms with Gasteiger partial charge < -0.3 is 19.1 Å². The molecule has 0 amide bonds. The smallest absolute Gasteiger partial charge is 0.238 e. The largest absolute Gasteiger partial charge is 0.493 e. The lowest BCUT2D eigenvalue weighted by Gasteiger charge is -2.32. The average molecular weight is 343 g/mol. The molecule has 0 aliphatic carbocycles. The second-order valence-corrected chi connectivity index (χ2v) is 6.17. The maximum atomic E-state index is 5.89. The van der Waals surface area contributed by atoms with Crippen LogP contribution in [0.25, 0.3) is 0 Å². The minimum absolute atomic E-state index is 0.374. The Bertz CT molecular complexity index is 680. The SMILES string of the molecule is COCCN1CCC[C@H](c2cncc(Oc3ccccc3OC)n2)C1. The lowest BCUT2D eigenvalue weighted by Crippen LogP contribution is -2.36. The van der Waals surface area contributed by atoms with Crippen LogP contribution in [-0.2, 0) is 4.74 Å². The first-order chi connectivity index (χ1) is 12.3. The summed E-state index contributed by atoms with van der Waals surface area (Å²) in [4.78, 5) is 11.4. The molecule has 0 unspecified atom stereocenters. The van der Waals surface area contributed by atoms with Crippen molar-refractivity contribution < 1.29 is 14.2 Å². The maximum Gasteiger partial charge on any atom is 0.238 e. The molecule has 1 aromatic carbocycles. The first-order valence-corrected chi connectivity index (χ1v) is 8.64. The van der Waals surface area contributed by atoms with Gasteiger partial charge in [-0.15, -0.1) is 0 Å². The van der Waals surface area contributed by atoms with Gasteiger partial charge in [0.25, 0.3) is 0 Å². The Morgan fingerprint density at radius 2 is 2.00 bits per heavy atom. The van der Waals surface area contributed by atoms with Crippen molar-refractivity contribution in [1.29, 1.82) is 0 Å². The van der Waals surface area contributed by atoms with E-state index in [-0.39, 0.29) is 0 Å². The van der Waals surface area contributed by atoms with E-state index in [9.17, 15) is 0 Å². The molecular formula is C19H25N3O3. The van der Waals surface area contributed by atoms with Crippen molar-refractivity contribution >= 4 is 0 Å². The van der Waals surface area contributed by atoms with Crippen molar-refractivity contribution in [2.45, 2.75) is 18.8 Å². The number of rotatable bonds is 7. The summed E-state index contributed by atoms with van der Waals surface area (Å²) < 4.78 is 16.4. The zero-order valence-electron chi connectivity index (χ0n) is 14.9. The first-order valence-electron chi connectivity index (χ1n) is 8.64. The van der Waals surface area contributed by atoms with E-state index in [2.05, 4.69) is 14.9 Å². The van der Waals surface area contributed by atoms with E-state index in [4.69, 9.17) is 14.2 Å². The molecule has 25 heavy (non-hydrogen) atoms. The molecule has 1 saturated heterocycles. The van der Waals surface area contributed by atoms with E-state index in [0.29, 0.717) is 23.3 Å². The Kier molecular flexibility index (Phi) is 6.19. The standard InChI is InChI=1S/C19H25N3O3/c1-23-11-10-22-9-5-6-15(14-22)16-12-20-13-19(21-16)25-18-8-4-3-7-17(18)24-2/h3-4,7-8,12-13,15H,5-6,9-11,14H2,1-2H3/t15-/m0/s1. The molecule has 2 aromatic rings. The molecule has 1 fully saturated rings. The van der Waals surface area contributed by atoms with Crippen LogP contribution in [0, 0.1) is 0 Å². The van der Waals surface area contributed by atoms with Crippen molar-refractivity contribution in [3.63, 3.8) is 0 Å². The highest BCUT2D eigenvalue weighted by Gasteiger charge is 2.23. The lowest BCUT2D eigenvalue weighted by molar-refractivity contribution is 0.127. The van der Waals surface area contributed by atoms with E-state index in [1.54, 1.807) is 20.4 Å². The third kappa shape index (κ3) is 4.67. The summed E-state index contributed by atoms with van der Waals surface area (Å²) in [6.45, 7) is 3.81. The summed E-state index contributed by atoms with van der Waals surface area (Å²) in [5.74, 6) is 2.19. The molecule has 1 aliphatic heterocycles. The summed E-state index contributed by atoms with van der Waals surface area (Å²) in [5, 5.41) is 0. The Morgan fingerprint density at radius 3 is 2.80 bits per heavy atom. The summed E-state index contributed by atoms with van der Waals surface area (Å²) in [6, 6.07) is 7.54. The molecule has 0 spiro atoms. The summed E-state index contributed by atoms with van der Waals surface area (Å²) >= 11 is 0. The zero-order valence-corrected chi connectivity index (χ0v) is 14.9. The Morgan fingerprint density at radius 1 is 1.16 bits per heavy atom. The number of piperidine rings is 1. The van der Waals surface area contributed by atoms with Gasteiger partial charge in [-0.25, -0.2) is 4.98 Å². The maximum absolute atomic E-state index is 5.89. The lowest BCUT2D eigenvalue weighted by atomic mass is 9.95. The van der Waals surface area contributed by atoms with Crippen LogP contribution in [0.5, 0.6) is 17.4 Å². The molecule has 3 rings (SSSR count). The second kappa shape index (κ2) is 8.78. The monoisotopic (exact) mass is 343 g/mol. The predicted octanol–water partition coefficient (Wildman–Crippen LogP) is 3.10. The van der Waals surface area contributed by atoms with E-state index in [0.717, 1.165) is 44.8 Å². The number of para-hydroxylation sites is 2. The number of methoxy groups -OCH3 is 2. The molecular weight excluding hydrogens is 318 g/mol. The highest BCUT2D eigenvalue weighted by atomic mass is 16.5. The molecule has 134 valence electrons. The van der Waals surface area contributed by atoms with Crippen molar-refractivity contribution in [1.82, 2.24) is 14.9 Å². The van der Waals surface area contributed by atoms with Crippen molar-refractivity contribution in [3.05, 3.63) is 42.4 Å². The Labute approximate surface area is 148 Å². The summed E-state index contributed by atoms with van der Waals surface area (Å²) in [7, 11) is 3.37. The molecule has 0 radical (unpaired) electrons. The fraction of sp³-hybridized carbons (Fsp3) is 0.474. The molecule has 6 heteroatoms. The molecule has 1 atom stereocenters. The fourth-order valence-corrected chi connectivity index (χ4v) is 3.14. The minimum atomic E-state index is 0.374. The average Bonchev–Trinajstić information content (AvgIpc) is 2.67. The van der Waals surface area contributed by atoms with Gasteiger partial charge in [-0.2, -0.15) is 0 Å². The predicted molar refractivity (Wildman–Crippen MR) is 95.4 cm³/mol. The van der Waals surface area contributed by atoms with Crippen LogP contribution in [0.15, 0.2) is 36.7 Å². The van der Waals surface area contributed by atoms with Gasteiger partial charge in [-0.05, 0) is 31.5 Å². The number of likely N-dealkylation sites (tertiary alicyclic amines) is 1. The number of ether oxygens (including phenoxy) is 3. The summed E-state index contributed by atoms with van der Waals surface area (Å²) in [5.41, 5.74) is 0.981. The fourth-order valence-electron chi connectivity index (χ4n) is 3.14. The number of benzene rings is 1. The highest BCUT2D eigenvalue weighted by molar-refractivity contribution is 5.41. The van der Waals surface area contributed by atoms with Crippen molar-refractivity contribution in [2.24, 2.45) is 0 Å². The molecule has 0 N–H and O–H groups in total. The number of hydrogen-bond acceptors (Lipinski definition) is 6. The number of nitrogens with zero attached hydrogens (tertiary/aromatic N) is 3. The van der Waals surface area contributed by atoms with Gasteiger partial charge in [0.05, 0.1) is 25.6 Å². The van der Waals surface area contributed by atoms with Crippen LogP contribution in [0.1, 0.15) is 24.5 Å². The van der Waals surface area contributed by atoms with Crippen molar-refractivity contribution in [3.8, 4) is 17.4 Å². The Balaban J connectivity index is 1.70. The molecule has 0 bridgehead atoms. The van der Waals surface area contributed by atoms with Gasteiger partial charge in [-0.1, -0.05) is 12.1 Å². The number of aromatic nitrogens is 2. The molecule has 2 heterocycles. The normalized spacial score (nSPS) is 18.1. The van der Waals surface area contributed by atoms with Crippen LogP contribution in [0.3, 0.4) is 0 Å². The third-order valence-electron chi connectivity index (χ3n) is 4.45. The van der Waals surface area contributed by atoms with Gasteiger partial charge in [0.1, 0.15) is 0 Å². The van der Waals surface area contributed by atoms with Crippen LogP contribution < -0.4 is 9.47 Å². The van der Waals surface area contributed by atoms with Gasteiger partial charge in [-0.3, -0.25) is 4.98 Å². The zero-order chi connectivity index (χ0) is 17.5. The van der Waals surface area contributed by atoms with Crippen LogP contribution in [0.4, 0.5) is 0 Å².